The lowest BCUT2D eigenvalue weighted by molar-refractivity contribution is -0.120. The molecule has 0 aliphatic carbocycles. The van der Waals surface area contributed by atoms with Crippen LogP contribution < -0.4 is 15.0 Å². The highest BCUT2D eigenvalue weighted by atomic mass is 19.1. The smallest absolute Gasteiger partial charge is 0.282 e. The molecule has 5 nitrogen and oxygen atoms in total. The van der Waals surface area contributed by atoms with Gasteiger partial charge < -0.3 is 10.1 Å². The Morgan fingerprint density at radius 1 is 0.879 bits per heavy atom. The molecule has 0 aromatic heterocycles. The van der Waals surface area contributed by atoms with Crippen LogP contribution in [0.25, 0.3) is 5.57 Å². The molecule has 0 radical (unpaired) electrons. The van der Waals surface area contributed by atoms with Crippen LogP contribution in [0.3, 0.4) is 0 Å². The van der Waals surface area contributed by atoms with Crippen LogP contribution in [0.15, 0.2) is 72.4 Å². The molecule has 1 aliphatic rings. The fourth-order valence-corrected chi connectivity index (χ4v) is 3.84. The van der Waals surface area contributed by atoms with Crippen molar-refractivity contribution in [3.8, 4) is 5.75 Å². The van der Waals surface area contributed by atoms with Crippen molar-refractivity contribution in [3.63, 3.8) is 0 Å². The first-order chi connectivity index (χ1) is 15.9. The Balaban J connectivity index is 1.77. The van der Waals surface area contributed by atoms with Crippen LogP contribution in [0.1, 0.15) is 30.0 Å². The van der Waals surface area contributed by atoms with Crippen molar-refractivity contribution >= 4 is 28.8 Å². The normalized spacial score (nSPS) is 13.6. The number of nitrogens with zero attached hydrogens (tertiary/aromatic N) is 1. The molecule has 0 saturated carbocycles. The predicted octanol–water partition coefficient (Wildman–Crippen LogP) is 5.63. The van der Waals surface area contributed by atoms with Gasteiger partial charge in [-0.15, -0.1) is 0 Å². The third kappa shape index (κ3) is 4.65. The third-order valence-electron chi connectivity index (χ3n) is 5.28. The van der Waals surface area contributed by atoms with Crippen LogP contribution in [-0.4, -0.2) is 18.4 Å². The number of carbonyl (C=O) groups excluding carboxylic acids is 2. The second-order valence-corrected chi connectivity index (χ2v) is 8.05. The quantitative estimate of drug-likeness (QED) is 0.480. The lowest BCUT2D eigenvalue weighted by Crippen LogP contribution is -2.32. The fourth-order valence-electron chi connectivity index (χ4n) is 3.84. The summed E-state index contributed by atoms with van der Waals surface area (Å²) in [5.74, 6) is -0.576. The van der Waals surface area contributed by atoms with Gasteiger partial charge in [-0.25, -0.2) is 9.29 Å². The first-order valence-corrected chi connectivity index (χ1v) is 10.8. The number of halogens is 1. The van der Waals surface area contributed by atoms with Crippen LogP contribution in [0, 0.1) is 19.7 Å². The van der Waals surface area contributed by atoms with Crippen LogP contribution in [0.4, 0.5) is 15.8 Å². The van der Waals surface area contributed by atoms with E-state index in [0.717, 1.165) is 17.5 Å². The molecule has 4 rings (SSSR count). The largest absolute Gasteiger partial charge is 0.494 e. The Labute approximate surface area is 192 Å². The van der Waals surface area contributed by atoms with E-state index in [9.17, 15) is 14.0 Å². The molecule has 3 aromatic rings. The van der Waals surface area contributed by atoms with Gasteiger partial charge in [-0.2, -0.15) is 0 Å². The Hall–Kier alpha value is -3.93. The van der Waals surface area contributed by atoms with E-state index in [4.69, 9.17) is 4.74 Å². The van der Waals surface area contributed by atoms with Crippen molar-refractivity contribution in [2.45, 2.75) is 27.2 Å². The van der Waals surface area contributed by atoms with Gasteiger partial charge in [0, 0.05) is 5.69 Å². The van der Waals surface area contributed by atoms with Crippen molar-refractivity contribution < 1.29 is 18.7 Å². The molecular weight excluding hydrogens is 419 g/mol. The van der Waals surface area contributed by atoms with Gasteiger partial charge in [0.2, 0.25) is 0 Å². The van der Waals surface area contributed by atoms with E-state index < -0.39 is 11.8 Å². The van der Waals surface area contributed by atoms with E-state index in [0.29, 0.717) is 29.3 Å². The molecule has 0 saturated heterocycles. The summed E-state index contributed by atoms with van der Waals surface area (Å²) >= 11 is 0. The summed E-state index contributed by atoms with van der Waals surface area (Å²) in [6, 6.07) is 18.3. The molecule has 1 aliphatic heterocycles. The highest BCUT2D eigenvalue weighted by molar-refractivity contribution is 6.46. The number of ether oxygens (including phenoxy) is 1. The van der Waals surface area contributed by atoms with Gasteiger partial charge in [0.05, 0.1) is 17.9 Å². The van der Waals surface area contributed by atoms with E-state index in [2.05, 4.69) is 5.32 Å². The van der Waals surface area contributed by atoms with Crippen molar-refractivity contribution in [1.82, 2.24) is 0 Å². The average molecular weight is 445 g/mol. The summed E-state index contributed by atoms with van der Waals surface area (Å²) in [5, 5.41) is 3.04. The summed E-state index contributed by atoms with van der Waals surface area (Å²) in [4.78, 5) is 28.2. The van der Waals surface area contributed by atoms with Crippen LogP contribution in [-0.2, 0) is 9.59 Å². The zero-order valence-electron chi connectivity index (χ0n) is 18.8. The minimum atomic E-state index is -0.462. The first kappa shape index (κ1) is 22.3. The molecule has 0 bridgehead atoms. The minimum Gasteiger partial charge on any atom is -0.494 e. The van der Waals surface area contributed by atoms with Gasteiger partial charge in [-0.05, 0) is 85.5 Å². The molecule has 0 unspecified atom stereocenters. The maximum absolute atomic E-state index is 13.6. The molecule has 33 heavy (non-hydrogen) atoms. The number of anilines is 2. The maximum atomic E-state index is 13.6. The van der Waals surface area contributed by atoms with Crippen LogP contribution >= 0.6 is 0 Å². The molecule has 168 valence electrons. The highest BCUT2D eigenvalue weighted by Crippen LogP contribution is 2.35. The Bertz CT molecular complexity index is 1210. The maximum Gasteiger partial charge on any atom is 0.282 e. The zero-order chi connectivity index (χ0) is 23.5. The first-order valence-electron chi connectivity index (χ1n) is 10.8. The van der Waals surface area contributed by atoms with Crippen LogP contribution in [0.2, 0.25) is 0 Å². The summed E-state index contributed by atoms with van der Waals surface area (Å²) < 4.78 is 19.0. The third-order valence-corrected chi connectivity index (χ3v) is 5.28. The molecule has 1 N–H and O–H groups in total. The summed E-state index contributed by atoms with van der Waals surface area (Å²) in [5.41, 5.74) is 3.91. The van der Waals surface area contributed by atoms with E-state index in [1.54, 1.807) is 24.3 Å². The minimum absolute atomic E-state index is 0.146. The average Bonchev–Trinajstić information content (AvgIpc) is 3.03. The van der Waals surface area contributed by atoms with E-state index >= 15 is 0 Å². The highest BCUT2D eigenvalue weighted by Gasteiger charge is 2.40. The summed E-state index contributed by atoms with van der Waals surface area (Å²) in [6.07, 6.45) is 0.885. The lowest BCUT2D eigenvalue weighted by atomic mass is 10.0. The van der Waals surface area contributed by atoms with E-state index in [-0.39, 0.29) is 17.1 Å². The molecule has 0 fully saturated rings. The molecule has 1 heterocycles. The number of amides is 2. The van der Waals surface area contributed by atoms with E-state index in [1.807, 2.05) is 39.0 Å². The zero-order valence-corrected chi connectivity index (χ0v) is 18.8. The number of hydrogen-bond donors (Lipinski definition) is 1. The Morgan fingerprint density at radius 3 is 2.12 bits per heavy atom. The number of hydrogen-bond acceptors (Lipinski definition) is 4. The number of imide groups is 1. The van der Waals surface area contributed by atoms with Crippen molar-refractivity contribution in [2.24, 2.45) is 0 Å². The number of aryl methyl sites for hydroxylation is 2. The number of benzene rings is 3. The predicted molar refractivity (Wildman–Crippen MR) is 128 cm³/mol. The molecule has 0 atom stereocenters. The standard InChI is InChI=1S/C27H25FN2O3/c1-4-13-33-23-11-5-19(6-12-23)24-25(29-21-9-7-20(28)8-10-21)27(32)30(26(24)31)22-15-17(2)14-18(3)16-22/h5-12,14-16,29H,4,13H2,1-3H3. The summed E-state index contributed by atoms with van der Waals surface area (Å²) in [6.45, 7) is 6.46. The monoisotopic (exact) mass is 444 g/mol. The molecular formula is C27H25FN2O3. The SMILES string of the molecule is CCCOc1ccc(C2=C(Nc3ccc(F)cc3)C(=O)N(c3cc(C)cc(C)c3)C2=O)cc1. The topological polar surface area (TPSA) is 58.6 Å². The van der Waals surface area contributed by atoms with Gasteiger partial charge in [0.15, 0.2) is 0 Å². The van der Waals surface area contributed by atoms with E-state index in [1.165, 1.54) is 29.2 Å². The fraction of sp³-hybridized carbons (Fsp3) is 0.185. The Kier molecular flexibility index (Phi) is 6.27. The van der Waals surface area contributed by atoms with Gasteiger partial charge >= 0.3 is 0 Å². The number of nitrogens with one attached hydrogen (secondary N) is 1. The van der Waals surface area contributed by atoms with Gasteiger partial charge in [-0.1, -0.05) is 25.1 Å². The molecule has 6 heteroatoms. The Morgan fingerprint density at radius 2 is 1.52 bits per heavy atom. The van der Waals surface area contributed by atoms with Crippen LogP contribution in [0.5, 0.6) is 5.75 Å². The van der Waals surface area contributed by atoms with Gasteiger partial charge in [0.1, 0.15) is 17.3 Å². The van der Waals surface area contributed by atoms with Gasteiger partial charge in [0.25, 0.3) is 11.8 Å². The van der Waals surface area contributed by atoms with Crippen molar-refractivity contribution in [3.05, 3.63) is 94.9 Å². The second-order valence-electron chi connectivity index (χ2n) is 8.05. The lowest BCUT2D eigenvalue weighted by Gasteiger charge is -2.17. The van der Waals surface area contributed by atoms with Gasteiger partial charge in [-0.3, -0.25) is 9.59 Å². The second kappa shape index (κ2) is 9.28. The number of carbonyl (C=O) groups is 2. The molecule has 3 aromatic carbocycles. The van der Waals surface area contributed by atoms with Crippen molar-refractivity contribution in [1.29, 1.82) is 0 Å². The number of rotatable bonds is 7. The molecule has 2 amide bonds. The van der Waals surface area contributed by atoms with Crippen molar-refractivity contribution in [2.75, 3.05) is 16.8 Å². The summed E-state index contributed by atoms with van der Waals surface area (Å²) in [7, 11) is 0. The molecule has 0 spiro atoms.